The average molecular weight is 239 g/mol. The Morgan fingerprint density at radius 2 is 1.82 bits per heavy atom. The smallest absolute Gasteiger partial charge is 0.317 e. The van der Waals surface area contributed by atoms with Gasteiger partial charge in [-0.2, -0.15) is 0 Å². The van der Waals surface area contributed by atoms with Crippen molar-refractivity contribution in [3.05, 3.63) is 0 Å². The Morgan fingerprint density at radius 3 is 2.29 bits per heavy atom. The van der Waals surface area contributed by atoms with Crippen molar-refractivity contribution >= 4 is 5.97 Å². The molecule has 2 aliphatic carbocycles. The standard InChI is InChI=1S/C14H25NO2/c1-2-15(11-13(16)17)12-5-9-14(10-6-12)7-3-4-8-14/h12H,2-11H2,1H3,(H,16,17). The molecule has 2 aliphatic rings. The van der Waals surface area contributed by atoms with Crippen LogP contribution in [0, 0.1) is 5.41 Å². The largest absolute Gasteiger partial charge is 0.480 e. The Labute approximate surface area is 104 Å². The molecule has 0 bridgehead atoms. The highest BCUT2D eigenvalue weighted by atomic mass is 16.4. The van der Waals surface area contributed by atoms with Crippen LogP contribution < -0.4 is 0 Å². The van der Waals surface area contributed by atoms with E-state index < -0.39 is 5.97 Å². The average Bonchev–Trinajstić information content (AvgIpc) is 2.76. The summed E-state index contributed by atoms with van der Waals surface area (Å²) in [6, 6.07) is 0.516. The first-order valence-electron chi connectivity index (χ1n) is 7.11. The van der Waals surface area contributed by atoms with Crippen LogP contribution in [-0.4, -0.2) is 35.1 Å². The maximum atomic E-state index is 10.8. The van der Waals surface area contributed by atoms with Crippen LogP contribution in [0.4, 0.5) is 0 Å². The number of hydrogen-bond donors (Lipinski definition) is 1. The summed E-state index contributed by atoms with van der Waals surface area (Å²) in [7, 11) is 0. The lowest BCUT2D eigenvalue weighted by Gasteiger charge is -2.41. The Balaban J connectivity index is 1.86. The summed E-state index contributed by atoms with van der Waals surface area (Å²) in [5.74, 6) is -0.687. The molecule has 1 N–H and O–H groups in total. The minimum Gasteiger partial charge on any atom is -0.480 e. The van der Waals surface area contributed by atoms with Gasteiger partial charge in [-0.25, -0.2) is 0 Å². The van der Waals surface area contributed by atoms with Gasteiger partial charge in [0.15, 0.2) is 0 Å². The fourth-order valence-electron chi connectivity index (χ4n) is 3.88. The lowest BCUT2D eigenvalue weighted by atomic mass is 9.71. The number of carbonyl (C=O) groups is 1. The first kappa shape index (κ1) is 12.9. The molecule has 0 aromatic rings. The van der Waals surface area contributed by atoms with E-state index in [1.54, 1.807) is 0 Å². The predicted molar refractivity (Wildman–Crippen MR) is 68.0 cm³/mol. The number of rotatable bonds is 4. The van der Waals surface area contributed by atoms with Gasteiger partial charge in [0.25, 0.3) is 0 Å². The molecule has 98 valence electrons. The van der Waals surface area contributed by atoms with Gasteiger partial charge < -0.3 is 5.11 Å². The lowest BCUT2D eigenvalue weighted by molar-refractivity contribution is -0.139. The fraction of sp³-hybridized carbons (Fsp3) is 0.929. The summed E-state index contributed by atoms with van der Waals surface area (Å²) < 4.78 is 0. The van der Waals surface area contributed by atoms with Gasteiger partial charge in [-0.15, -0.1) is 0 Å². The molecule has 0 aromatic heterocycles. The van der Waals surface area contributed by atoms with Gasteiger partial charge in [-0.3, -0.25) is 9.69 Å². The van der Waals surface area contributed by atoms with E-state index in [4.69, 9.17) is 5.11 Å². The van der Waals surface area contributed by atoms with E-state index >= 15 is 0 Å². The molecule has 0 radical (unpaired) electrons. The summed E-state index contributed by atoms with van der Waals surface area (Å²) >= 11 is 0. The summed E-state index contributed by atoms with van der Waals surface area (Å²) in [6.45, 7) is 3.15. The highest BCUT2D eigenvalue weighted by Crippen LogP contribution is 2.49. The quantitative estimate of drug-likeness (QED) is 0.820. The molecule has 0 unspecified atom stereocenters. The second-order valence-electron chi connectivity index (χ2n) is 5.90. The van der Waals surface area contributed by atoms with Crippen molar-refractivity contribution in [1.82, 2.24) is 4.90 Å². The van der Waals surface area contributed by atoms with Gasteiger partial charge in [0.05, 0.1) is 6.54 Å². The maximum absolute atomic E-state index is 10.8. The summed E-state index contributed by atoms with van der Waals surface area (Å²) in [5.41, 5.74) is 0.652. The highest BCUT2D eigenvalue weighted by molar-refractivity contribution is 5.69. The molecule has 0 amide bonds. The van der Waals surface area contributed by atoms with Gasteiger partial charge in [0.1, 0.15) is 0 Å². The number of nitrogens with zero attached hydrogens (tertiary/aromatic N) is 1. The van der Waals surface area contributed by atoms with E-state index in [-0.39, 0.29) is 6.54 Å². The molecular formula is C14H25NO2. The van der Waals surface area contributed by atoms with Crippen molar-refractivity contribution in [2.45, 2.75) is 64.3 Å². The van der Waals surface area contributed by atoms with Gasteiger partial charge >= 0.3 is 5.97 Å². The van der Waals surface area contributed by atoms with E-state index in [0.717, 1.165) is 6.54 Å². The minimum absolute atomic E-state index is 0.216. The van der Waals surface area contributed by atoms with Gasteiger partial charge in [0.2, 0.25) is 0 Å². The zero-order valence-corrected chi connectivity index (χ0v) is 11.0. The normalized spacial score (nSPS) is 24.6. The van der Waals surface area contributed by atoms with E-state index in [1.807, 2.05) is 0 Å². The van der Waals surface area contributed by atoms with E-state index in [1.165, 1.54) is 51.4 Å². The molecule has 0 heterocycles. The molecule has 0 aliphatic heterocycles. The molecule has 2 rings (SSSR count). The number of likely N-dealkylation sites (N-methyl/N-ethyl adjacent to an activating group) is 1. The van der Waals surface area contributed by atoms with Crippen LogP contribution in [0.25, 0.3) is 0 Å². The second-order valence-corrected chi connectivity index (χ2v) is 5.90. The van der Waals surface area contributed by atoms with Crippen LogP contribution in [0.15, 0.2) is 0 Å². The molecule has 0 aromatic carbocycles. The number of hydrogen-bond acceptors (Lipinski definition) is 2. The van der Waals surface area contributed by atoms with Crippen LogP contribution in [0.1, 0.15) is 58.3 Å². The lowest BCUT2D eigenvalue weighted by Crippen LogP contribution is -2.42. The molecular weight excluding hydrogens is 214 g/mol. The fourth-order valence-corrected chi connectivity index (χ4v) is 3.88. The van der Waals surface area contributed by atoms with Gasteiger partial charge in [0, 0.05) is 6.04 Å². The molecule has 3 heteroatoms. The van der Waals surface area contributed by atoms with Crippen molar-refractivity contribution in [3.8, 4) is 0 Å². The van der Waals surface area contributed by atoms with Crippen LogP contribution in [-0.2, 0) is 4.79 Å². The molecule has 3 nitrogen and oxygen atoms in total. The van der Waals surface area contributed by atoms with E-state index in [0.29, 0.717) is 11.5 Å². The van der Waals surface area contributed by atoms with Crippen LogP contribution >= 0.6 is 0 Å². The van der Waals surface area contributed by atoms with Crippen molar-refractivity contribution in [1.29, 1.82) is 0 Å². The number of carboxylic acids is 1. The Hall–Kier alpha value is -0.570. The Morgan fingerprint density at radius 1 is 1.24 bits per heavy atom. The second kappa shape index (κ2) is 5.38. The van der Waals surface area contributed by atoms with Crippen molar-refractivity contribution < 1.29 is 9.90 Å². The number of aliphatic carboxylic acids is 1. The van der Waals surface area contributed by atoms with E-state index in [2.05, 4.69) is 11.8 Å². The molecule has 17 heavy (non-hydrogen) atoms. The highest BCUT2D eigenvalue weighted by Gasteiger charge is 2.38. The van der Waals surface area contributed by atoms with Crippen LogP contribution in [0.3, 0.4) is 0 Å². The Bertz CT molecular complexity index is 261. The summed E-state index contributed by atoms with van der Waals surface area (Å²) in [5, 5.41) is 8.91. The van der Waals surface area contributed by atoms with Crippen LogP contribution in [0.5, 0.6) is 0 Å². The van der Waals surface area contributed by atoms with E-state index in [9.17, 15) is 4.79 Å². The minimum atomic E-state index is -0.687. The van der Waals surface area contributed by atoms with Crippen molar-refractivity contribution in [2.24, 2.45) is 5.41 Å². The third kappa shape index (κ3) is 3.01. The van der Waals surface area contributed by atoms with Crippen molar-refractivity contribution in [3.63, 3.8) is 0 Å². The zero-order valence-electron chi connectivity index (χ0n) is 11.0. The first-order chi connectivity index (χ1) is 8.15. The third-order valence-electron chi connectivity index (χ3n) is 4.94. The molecule has 2 fully saturated rings. The SMILES string of the molecule is CCN(CC(=O)O)C1CCC2(CCCC2)CC1. The Kier molecular flexibility index (Phi) is 4.08. The molecule has 0 atom stereocenters. The maximum Gasteiger partial charge on any atom is 0.317 e. The molecule has 2 saturated carbocycles. The third-order valence-corrected chi connectivity index (χ3v) is 4.94. The van der Waals surface area contributed by atoms with Crippen LogP contribution in [0.2, 0.25) is 0 Å². The van der Waals surface area contributed by atoms with Gasteiger partial charge in [-0.05, 0) is 50.5 Å². The predicted octanol–water partition coefficient (Wildman–Crippen LogP) is 2.90. The monoisotopic (exact) mass is 239 g/mol. The molecule has 0 saturated heterocycles. The summed E-state index contributed by atoms with van der Waals surface area (Å²) in [4.78, 5) is 13.0. The summed E-state index contributed by atoms with van der Waals surface area (Å²) in [6.07, 6.45) is 10.7. The van der Waals surface area contributed by atoms with Gasteiger partial charge in [-0.1, -0.05) is 19.8 Å². The topological polar surface area (TPSA) is 40.5 Å². The number of carboxylic acid groups (broad SMARTS) is 1. The molecule has 1 spiro atoms. The first-order valence-corrected chi connectivity index (χ1v) is 7.11. The zero-order chi connectivity index (χ0) is 12.3. The van der Waals surface area contributed by atoms with Crippen molar-refractivity contribution in [2.75, 3.05) is 13.1 Å².